The molecule has 0 aromatic rings. The fourth-order valence-corrected chi connectivity index (χ4v) is 2.11. The quantitative estimate of drug-likeness (QED) is 0.666. The van der Waals surface area contributed by atoms with E-state index in [4.69, 9.17) is 16.2 Å². The summed E-state index contributed by atoms with van der Waals surface area (Å²) in [6, 6.07) is -0.574. The van der Waals surface area contributed by atoms with Gasteiger partial charge in [0.2, 0.25) is 11.8 Å². The lowest BCUT2D eigenvalue weighted by Crippen LogP contribution is -2.54. The molecule has 1 saturated heterocycles. The van der Waals surface area contributed by atoms with E-state index in [2.05, 4.69) is 0 Å². The van der Waals surface area contributed by atoms with Crippen molar-refractivity contribution in [3.8, 4) is 0 Å². The summed E-state index contributed by atoms with van der Waals surface area (Å²) in [5.74, 6) is -0.787. The zero-order chi connectivity index (χ0) is 13.0. The minimum Gasteiger partial charge on any atom is -0.383 e. The molecule has 0 radical (unpaired) electrons. The molecule has 0 bridgehead atoms. The Morgan fingerprint density at radius 1 is 1.47 bits per heavy atom. The van der Waals surface area contributed by atoms with Crippen LogP contribution in [0, 0.1) is 5.92 Å². The summed E-state index contributed by atoms with van der Waals surface area (Å²) in [6.07, 6.45) is 1.51. The Kier molecular flexibility index (Phi) is 4.89. The van der Waals surface area contributed by atoms with Crippen molar-refractivity contribution in [2.24, 2.45) is 17.4 Å². The van der Waals surface area contributed by atoms with Crippen LogP contribution in [0.3, 0.4) is 0 Å². The van der Waals surface area contributed by atoms with Crippen LogP contribution >= 0.6 is 0 Å². The van der Waals surface area contributed by atoms with Gasteiger partial charge in [0.1, 0.15) is 6.04 Å². The fraction of sp³-hybridized carbons (Fsp3) is 0.818. The van der Waals surface area contributed by atoms with E-state index in [1.165, 1.54) is 7.11 Å². The first kappa shape index (κ1) is 13.9. The number of amides is 2. The number of hydrogen-bond acceptors (Lipinski definition) is 4. The predicted molar refractivity (Wildman–Crippen MR) is 62.9 cm³/mol. The predicted octanol–water partition coefficient (Wildman–Crippen LogP) is -0.927. The highest BCUT2D eigenvalue weighted by atomic mass is 16.5. The van der Waals surface area contributed by atoms with E-state index in [1.54, 1.807) is 4.90 Å². The van der Waals surface area contributed by atoms with Crippen LogP contribution in [0.4, 0.5) is 0 Å². The molecule has 3 unspecified atom stereocenters. The summed E-state index contributed by atoms with van der Waals surface area (Å²) in [5, 5.41) is 0. The lowest BCUT2D eigenvalue weighted by atomic mass is 9.92. The number of hydrogen-bond donors (Lipinski definition) is 2. The van der Waals surface area contributed by atoms with Gasteiger partial charge in [-0.05, 0) is 19.8 Å². The van der Waals surface area contributed by atoms with Crippen molar-refractivity contribution in [1.82, 2.24) is 4.90 Å². The van der Waals surface area contributed by atoms with E-state index >= 15 is 0 Å². The van der Waals surface area contributed by atoms with Gasteiger partial charge in [0, 0.05) is 19.7 Å². The Balaban J connectivity index is 2.66. The number of methoxy groups -OCH3 is 1. The third-order valence-electron chi connectivity index (χ3n) is 3.23. The van der Waals surface area contributed by atoms with Gasteiger partial charge in [-0.25, -0.2) is 0 Å². The van der Waals surface area contributed by atoms with Gasteiger partial charge in [-0.15, -0.1) is 0 Å². The lowest BCUT2D eigenvalue weighted by Gasteiger charge is -2.38. The highest BCUT2D eigenvalue weighted by molar-refractivity contribution is 5.83. The van der Waals surface area contributed by atoms with E-state index in [1.807, 2.05) is 6.92 Å². The molecule has 1 aliphatic heterocycles. The molecule has 0 aromatic carbocycles. The van der Waals surface area contributed by atoms with Crippen molar-refractivity contribution < 1.29 is 14.3 Å². The summed E-state index contributed by atoms with van der Waals surface area (Å²) >= 11 is 0. The highest BCUT2D eigenvalue weighted by Crippen LogP contribution is 2.22. The zero-order valence-corrected chi connectivity index (χ0v) is 10.4. The Bertz CT molecular complexity index is 296. The molecule has 1 aliphatic rings. The molecule has 1 heterocycles. The van der Waals surface area contributed by atoms with Crippen molar-refractivity contribution in [2.75, 3.05) is 20.3 Å². The van der Waals surface area contributed by atoms with Crippen LogP contribution < -0.4 is 11.5 Å². The van der Waals surface area contributed by atoms with Crippen LogP contribution in [0.25, 0.3) is 0 Å². The van der Waals surface area contributed by atoms with Crippen molar-refractivity contribution in [1.29, 1.82) is 0 Å². The molecule has 2 amide bonds. The molecule has 0 spiro atoms. The smallest absolute Gasteiger partial charge is 0.242 e. The molecule has 6 nitrogen and oxygen atoms in total. The summed E-state index contributed by atoms with van der Waals surface area (Å²) in [5.41, 5.74) is 11.0. The molecule has 1 rings (SSSR count). The van der Waals surface area contributed by atoms with Gasteiger partial charge in [-0.2, -0.15) is 0 Å². The van der Waals surface area contributed by atoms with Gasteiger partial charge in [0.15, 0.2) is 0 Å². The number of nitrogens with two attached hydrogens (primary N) is 2. The van der Waals surface area contributed by atoms with Crippen molar-refractivity contribution in [3.63, 3.8) is 0 Å². The number of primary amides is 1. The Morgan fingerprint density at radius 3 is 2.65 bits per heavy atom. The number of nitrogens with zero attached hydrogens (tertiary/aromatic N) is 1. The molecule has 98 valence electrons. The van der Waals surface area contributed by atoms with Gasteiger partial charge in [0.25, 0.3) is 0 Å². The summed E-state index contributed by atoms with van der Waals surface area (Å²) in [7, 11) is 1.50. The largest absolute Gasteiger partial charge is 0.383 e. The van der Waals surface area contributed by atoms with E-state index < -0.39 is 6.04 Å². The molecule has 17 heavy (non-hydrogen) atoms. The van der Waals surface area contributed by atoms with Crippen LogP contribution in [-0.4, -0.2) is 49.1 Å². The monoisotopic (exact) mass is 243 g/mol. The second kappa shape index (κ2) is 5.97. The van der Waals surface area contributed by atoms with E-state index in [-0.39, 0.29) is 30.4 Å². The van der Waals surface area contributed by atoms with Crippen LogP contribution in [0.2, 0.25) is 0 Å². The van der Waals surface area contributed by atoms with Gasteiger partial charge < -0.3 is 21.1 Å². The summed E-state index contributed by atoms with van der Waals surface area (Å²) in [6.45, 7) is 2.50. The fourth-order valence-electron chi connectivity index (χ4n) is 2.11. The Labute approximate surface area is 101 Å². The first-order valence-electron chi connectivity index (χ1n) is 5.81. The maximum absolute atomic E-state index is 12.0. The van der Waals surface area contributed by atoms with Gasteiger partial charge in [-0.3, -0.25) is 9.59 Å². The summed E-state index contributed by atoms with van der Waals surface area (Å²) in [4.78, 5) is 24.8. The molecule has 4 N–H and O–H groups in total. The Morgan fingerprint density at radius 2 is 2.12 bits per heavy atom. The lowest BCUT2D eigenvalue weighted by molar-refractivity contribution is -0.139. The highest BCUT2D eigenvalue weighted by Gasteiger charge is 2.33. The Hall–Kier alpha value is -1.14. The van der Waals surface area contributed by atoms with Gasteiger partial charge >= 0.3 is 0 Å². The minimum absolute atomic E-state index is 0.0982. The van der Waals surface area contributed by atoms with E-state index in [0.717, 1.165) is 12.8 Å². The average Bonchev–Trinajstić information content (AvgIpc) is 2.28. The molecule has 0 saturated carbocycles. The van der Waals surface area contributed by atoms with E-state index in [0.29, 0.717) is 6.54 Å². The second-order valence-corrected chi connectivity index (χ2v) is 4.58. The molecule has 6 heteroatoms. The number of carbonyl (C=O) groups excluding carboxylic acids is 2. The van der Waals surface area contributed by atoms with Crippen molar-refractivity contribution >= 4 is 11.8 Å². The molecule has 1 fully saturated rings. The number of rotatable bonds is 4. The first-order chi connectivity index (χ1) is 7.97. The minimum atomic E-state index is -0.672. The third-order valence-corrected chi connectivity index (χ3v) is 3.23. The van der Waals surface area contributed by atoms with Gasteiger partial charge in [0.05, 0.1) is 12.5 Å². The number of piperidine rings is 1. The number of likely N-dealkylation sites (tertiary alicyclic amines) is 1. The van der Waals surface area contributed by atoms with Gasteiger partial charge in [-0.1, -0.05) is 0 Å². The zero-order valence-electron chi connectivity index (χ0n) is 10.4. The van der Waals surface area contributed by atoms with Crippen LogP contribution in [0.15, 0.2) is 0 Å². The SMILES string of the molecule is COCC(N)C(=O)N1CC(C(N)=O)CCC1C. The standard InChI is InChI=1S/C11H21N3O3/c1-7-3-4-8(10(13)15)5-14(7)11(16)9(12)6-17-2/h7-9H,3-6,12H2,1-2H3,(H2,13,15). The topological polar surface area (TPSA) is 98.7 Å². The number of ether oxygens (including phenoxy) is 1. The van der Waals surface area contributed by atoms with Crippen molar-refractivity contribution in [2.45, 2.75) is 31.8 Å². The first-order valence-corrected chi connectivity index (χ1v) is 5.81. The molecular formula is C11H21N3O3. The molecule has 3 atom stereocenters. The third kappa shape index (κ3) is 3.41. The number of carbonyl (C=O) groups is 2. The maximum atomic E-state index is 12.0. The summed E-state index contributed by atoms with van der Waals surface area (Å²) < 4.78 is 4.86. The van der Waals surface area contributed by atoms with Crippen LogP contribution in [0.1, 0.15) is 19.8 Å². The molecule has 0 aromatic heterocycles. The normalized spacial score (nSPS) is 26.6. The van der Waals surface area contributed by atoms with Crippen LogP contribution in [-0.2, 0) is 14.3 Å². The second-order valence-electron chi connectivity index (χ2n) is 4.58. The van der Waals surface area contributed by atoms with Crippen LogP contribution in [0.5, 0.6) is 0 Å². The van der Waals surface area contributed by atoms with Crippen molar-refractivity contribution in [3.05, 3.63) is 0 Å². The van der Waals surface area contributed by atoms with E-state index in [9.17, 15) is 9.59 Å². The molecule has 0 aliphatic carbocycles. The maximum Gasteiger partial charge on any atom is 0.242 e. The molecular weight excluding hydrogens is 222 g/mol. The average molecular weight is 243 g/mol.